The monoisotopic (exact) mass is 220 g/mol. The molecule has 0 saturated heterocycles. The third kappa shape index (κ3) is 1.80. The van der Waals surface area contributed by atoms with Gasteiger partial charge in [0.25, 0.3) is 5.91 Å². The number of allylic oxidation sites excluding steroid dienone is 2. The lowest BCUT2D eigenvalue weighted by atomic mass is 9.59. The van der Waals surface area contributed by atoms with E-state index in [4.69, 9.17) is 0 Å². The average Bonchev–Trinajstić information content (AvgIpc) is 2.57. The van der Waals surface area contributed by atoms with Crippen molar-refractivity contribution in [2.75, 3.05) is 13.7 Å². The van der Waals surface area contributed by atoms with Crippen molar-refractivity contribution in [2.45, 2.75) is 13.8 Å². The number of carbonyl (C=O) groups excluding carboxylic acids is 1. The zero-order valence-electron chi connectivity index (χ0n) is 10.2. The molecule has 0 aromatic rings. The zero-order valence-corrected chi connectivity index (χ0v) is 10.2. The Morgan fingerprint density at radius 3 is 2.62 bits per heavy atom. The minimum atomic E-state index is 0.0255. The van der Waals surface area contributed by atoms with E-state index in [1.54, 1.807) is 0 Å². The van der Waals surface area contributed by atoms with Gasteiger partial charge in [-0.05, 0) is 30.7 Å². The molecule has 1 saturated carbocycles. The molecule has 0 radical (unpaired) electrons. The second-order valence-corrected chi connectivity index (χ2v) is 4.89. The lowest BCUT2D eigenvalue weighted by Crippen LogP contribution is -2.41. The van der Waals surface area contributed by atoms with E-state index in [0.29, 0.717) is 30.3 Å². The summed E-state index contributed by atoms with van der Waals surface area (Å²) in [5.41, 5.74) is 0.818. The molecule has 88 valence electrons. The molecule has 0 aromatic heterocycles. The van der Waals surface area contributed by atoms with Crippen LogP contribution in [0, 0.1) is 23.7 Å². The number of amides is 1. The molecule has 1 amide bonds. The van der Waals surface area contributed by atoms with Crippen LogP contribution in [0.5, 0.6) is 0 Å². The van der Waals surface area contributed by atoms with Crippen molar-refractivity contribution < 1.29 is 4.79 Å². The van der Waals surface area contributed by atoms with E-state index in [1.807, 2.05) is 13.1 Å². The summed E-state index contributed by atoms with van der Waals surface area (Å²) in [7, 11) is 1.82. The molecule has 0 heterocycles. The van der Waals surface area contributed by atoms with Crippen LogP contribution in [0.4, 0.5) is 0 Å². The van der Waals surface area contributed by atoms with E-state index < -0.39 is 0 Å². The Balaban J connectivity index is 2.09. The third-order valence-corrected chi connectivity index (χ3v) is 3.99. The van der Waals surface area contributed by atoms with E-state index in [9.17, 15) is 4.79 Å². The fourth-order valence-corrected chi connectivity index (χ4v) is 2.88. The summed E-state index contributed by atoms with van der Waals surface area (Å²) in [6, 6.07) is 0. The van der Waals surface area contributed by atoms with Crippen LogP contribution >= 0.6 is 0 Å². The molecule has 0 spiro atoms. The Kier molecular flexibility index (Phi) is 3.15. The van der Waals surface area contributed by atoms with Gasteiger partial charge in [0.2, 0.25) is 0 Å². The molecule has 3 nitrogen and oxygen atoms in total. The van der Waals surface area contributed by atoms with Crippen LogP contribution in [0.3, 0.4) is 0 Å². The lowest BCUT2D eigenvalue weighted by Gasteiger charge is -2.46. The van der Waals surface area contributed by atoms with Gasteiger partial charge in [-0.3, -0.25) is 4.79 Å². The second kappa shape index (κ2) is 4.42. The summed E-state index contributed by atoms with van der Waals surface area (Å²) in [6.07, 6.45) is 6.32. The Bertz CT molecular complexity index is 336. The van der Waals surface area contributed by atoms with Gasteiger partial charge >= 0.3 is 0 Å². The van der Waals surface area contributed by atoms with Crippen LogP contribution in [0.25, 0.3) is 0 Å². The van der Waals surface area contributed by atoms with Crippen LogP contribution in [0.1, 0.15) is 13.8 Å². The van der Waals surface area contributed by atoms with E-state index in [1.165, 1.54) is 0 Å². The largest absolute Gasteiger partial charge is 0.340 e. The standard InChI is InChI=1S/C13H20N2O/c1-8-11-5-4-10(6-12(8)9(11)2)13(16)15-7-14-3/h4-6,8-9,11-12,14H,7H2,1-3H3,(H,15,16). The first-order valence-corrected chi connectivity index (χ1v) is 5.98. The van der Waals surface area contributed by atoms with E-state index >= 15 is 0 Å². The maximum atomic E-state index is 11.8. The molecule has 2 N–H and O–H groups in total. The minimum Gasteiger partial charge on any atom is -0.340 e. The smallest absolute Gasteiger partial charge is 0.251 e. The van der Waals surface area contributed by atoms with Crippen molar-refractivity contribution in [1.29, 1.82) is 0 Å². The molecule has 0 aromatic carbocycles. The second-order valence-electron chi connectivity index (χ2n) is 4.89. The molecule has 16 heavy (non-hydrogen) atoms. The Labute approximate surface area is 97.0 Å². The Morgan fingerprint density at radius 1 is 1.31 bits per heavy atom. The van der Waals surface area contributed by atoms with Gasteiger partial charge in [0.1, 0.15) is 0 Å². The number of nitrogens with one attached hydrogen (secondary N) is 2. The van der Waals surface area contributed by atoms with E-state index in [-0.39, 0.29) is 5.91 Å². The van der Waals surface area contributed by atoms with Gasteiger partial charge in [-0.25, -0.2) is 0 Å². The minimum absolute atomic E-state index is 0.0255. The van der Waals surface area contributed by atoms with Crippen molar-refractivity contribution in [3.63, 3.8) is 0 Å². The van der Waals surface area contributed by atoms with Crippen molar-refractivity contribution in [3.8, 4) is 0 Å². The fourth-order valence-electron chi connectivity index (χ4n) is 2.88. The molecule has 3 rings (SSSR count). The van der Waals surface area contributed by atoms with Gasteiger partial charge in [0.05, 0.1) is 6.67 Å². The first kappa shape index (κ1) is 11.4. The highest BCUT2D eigenvalue weighted by Crippen LogP contribution is 2.49. The number of fused-ring (bicyclic) bond motifs is 1. The maximum absolute atomic E-state index is 11.8. The summed E-state index contributed by atoms with van der Waals surface area (Å²) in [5, 5.41) is 5.74. The van der Waals surface area contributed by atoms with Crippen LogP contribution < -0.4 is 10.6 Å². The quantitative estimate of drug-likeness (QED) is 0.704. The highest BCUT2D eigenvalue weighted by molar-refractivity contribution is 5.96. The molecule has 0 aliphatic heterocycles. The SMILES string of the molecule is CNCNC(=O)C1=CC2C(C)C(C=C1)C2C. The highest BCUT2D eigenvalue weighted by atomic mass is 16.1. The van der Waals surface area contributed by atoms with E-state index in [2.05, 4.69) is 36.6 Å². The van der Waals surface area contributed by atoms with Gasteiger partial charge in [-0.2, -0.15) is 0 Å². The Hall–Kier alpha value is -1.09. The Morgan fingerprint density at radius 2 is 2.00 bits per heavy atom. The van der Waals surface area contributed by atoms with E-state index in [0.717, 1.165) is 5.57 Å². The van der Waals surface area contributed by atoms with Crippen molar-refractivity contribution in [1.82, 2.24) is 10.6 Å². The molecular formula is C13H20N2O. The highest BCUT2D eigenvalue weighted by Gasteiger charge is 2.43. The number of carbonyl (C=O) groups is 1. The predicted molar refractivity (Wildman–Crippen MR) is 64.6 cm³/mol. The van der Waals surface area contributed by atoms with Crippen LogP contribution in [0.2, 0.25) is 0 Å². The van der Waals surface area contributed by atoms with Gasteiger partial charge in [0, 0.05) is 5.57 Å². The van der Waals surface area contributed by atoms with Crippen LogP contribution in [-0.2, 0) is 4.79 Å². The van der Waals surface area contributed by atoms with Crippen molar-refractivity contribution >= 4 is 5.91 Å². The number of hydrogen-bond acceptors (Lipinski definition) is 2. The molecule has 3 aliphatic rings. The van der Waals surface area contributed by atoms with Gasteiger partial charge in [0.15, 0.2) is 0 Å². The normalized spacial score (nSPS) is 36.1. The fraction of sp³-hybridized carbons (Fsp3) is 0.615. The first-order chi connectivity index (χ1) is 7.65. The molecule has 2 unspecified atom stereocenters. The lowest BCUT2D eigenvalue weighted by molar-refractivity contribution is -0.117. The molecule has 2 atom stereocenters. The summed E-state index contributed by atoms with van der Waals surface area (Å²) in [6.45, 7) is 5.05. The molecule has 2 bridgehead atoms. The number of rotatable bonds is 3. The predicted octanol–water partition coefficient (Wildman–Crippen LogP) is 1.29. The van der Waals surface area contributed by atoms with Crippen molar-refractivity contribution in [3.05, 3.63) is 23.8 Å². The summed E-state index contributed by atoms with van der Waals surface area (Å²) in [5.74, 6) is 2.60. The van der Waals surface area contributed by atoms with Gasteiger partial charge < -0.3 is 10.6 Å². The topological polar surface area (TPSA) is 41.1 Å². The van der Waals surface area contributed by atoms with Crippen LogP contribution in [-0.4, -0.2) is 19.6 Å². The molecule has 3 aliphatic carbocycles. The summed E-state index contributed by atoms with van der Waals surface area (Å²) in [4.78, 5) is 11.8. The zero-order chi connectivity index (χ0) is 11.7. The maximum Gasteiger partial charge on any atom is 0.251 e. The summed E-state index contributed by atoms with van der Waals surface area (Å²) >= 11 is 0. The van der Waals surface area contributed by atoms with Gasteiger partial charge in [-0.15, -0.1) is 0 Å². The van der Waals surface area contributed by atoms with Crippen LogP contribution in [0.15, 0.2) is 23.8 Å². The molecule has 3 heteroatoms. The first-order valence-electron chi connectivity index (χ1n) is 5.98. The molecular weight excluding hydrogens is 200 g/mol. The average molecular weight is 220 g/mol. The van der Waals surface area contributed by atoms with Gasteiger partial charge in [-0.1, -0.05) is 32.1 Å². The molecule has 1 fully saturated rings. The van der Waals surface area contributed by atoms with Crippen molar-refractivity contribution in [2.24, 2.45) is 23.7 Å². The summed E-state index contributed by atoms with van der Waals surface area (Å²) < 4.78 is 0. The number of hydrogen-bond donors (Lipinski definition) is 2. The third-order valence-electron chi connectivity index (χ3n) is 3.99.